The minimum atomic E-state index is -4.36. The Hall–Kier alpha value is -4.25. The summed E-state index contributed by atoms with van der Waals surface area (Å²) in [5, 5.41) is 3.68. The number of carbonyl (C=O) groups excluding carboxylic acids is 2. The van der Waals surface area contributed by atoms with Gasteiger partial charge in [-0.15, -0.1) is 0 Å². The summed E-state index contributed by atoms with van der Waals surface area (Å²) in [5.41, 5.74) is 2.30. The van der Waals surface area contributed by atoms with E-state index in [0.29, 0.717) is 27.9 Å². The van der Waals surface area contributed by atoms with Gasteiger partial charge in [-0.3, -0.25) is 13.9 Å². The van der Waals surface area contributed by atoms with E-state index in [0.717, 1.165) is 28.3 Å². The molecule has 12 heteroatoms. The van der Waals surface area contributed by atoms with Crippen molar-refractivity contribution < 1.29 is 27.5 Å². The molecular formula is C37H41Cl2N3O6S. The highest BCUT2D eigenvalue weighted by atomic mass is 35.5. The van der Waals surface area contributed by atoms with Gasteiger partial charge < -0.3 is 19.7 Å². The van der Waals surface area contributed by atoms with Crippen LogP contribution in [0.2, 0.25) is 10.0 Å². The largest absolute Gasteiger partial charge is 0.497 e. The van der Waals surface area contributed by atoms with E-state index in [1.165, 1.54) is 37.3 Å². The van der Waals surface area contributed by atoms with Gasteiger partial charge in [-0.25, -0.2) is 8.42 Å². The number of hydrogen-bond acceptors (Lipinski definition) is 6. The molecule has 0 bridgehead atoms. The number of halogens is 2. The predicted octanol–water partition coefficient (Wildman–Crippen LogP) is 7.07. The second kappa shape index (κ2) is 17.4. The Kier molecular flexibility index (Phi) is 13.4. The van der Waals surface area contributed by atoms with Crippen molar-refractivity contribution in [2.75, 3.05) is 31.6 Å². The van der Waals surface area contributed by atoms with E-state index in [4.69, 9.17) is 32.7 Å². The minimum absolute atomic E-state index is 0.0267. The SMILES string of the molecule is CCCCNC(=O)[C@H](Cc1ccccc1)N(Cc1ccc(Cl)cc1Cl)C(=O)CN(c1cc(OC)ccc1OC)S(=O)(=O)c1ccc(C)cc1. The first-order valence-electron chi connectivity index (χ1n) is 15.8. The van der Waals surface area contributed by atoms with Gasteiger partial charge in [0.2, 0.25) is 11.8 Å². The van der Waals surface area contributed by atoms with Crippen LogP contribution in [0.25, 0.3) is 0 Å². The lowest BCUT2D eigenvalue weighted by Gasteiger charge is -2.34. The van der Waals surface area contributed by atoms with E-state index >= 15 is 0 Å². The van der Waals surface area contributed by atoms with Gasteiger partial charge in [0.1, 0.15) is 24.1 Å². The molecule has 0 aliphatic heterocycles. The van der Waals surface area contributed by atoms with Crippen LogP contribution >= 0.6 is 23.2 Å². The average molecular weight is 727 g/mol. The van der Waals surface area contributed by atoms with Crippen LogP contribution in [0.15, 0.2) is 95.9 Å². The van der Waals surface area contributed by atoms with Gasteiger partial charge in [-0.1, -0.05) is 90.6 Å². The Balaban J connectivity index is 1.87. The van der Waals surface area contributed by atoms with Crippen LogP contribution in [0.5, 0.6) is 11.5 Å². The topological polar surface area (TPSA) is 105 Å². The molecule has 1 atom stereocenters. The maximum Gasteiger partial charge on any atom is 0.264 e. The van der Waals surface area contributed by atoms with Crippen molar-refractivity contribution in [2.24, 2.45) is 0 Å². The Morgan fingerprint density at radius 2 is 1.61 bits per heavy atom. The van der Waals surface area contributed by atoms with Crippen molar-refractivity contribution >= 4 is 50.7 Å². The number of hydrogen-bond donors (Lipinski definition) is 1. The van der Waals surface area contributed by atoms with E-state index in [1.54, 1.807) is 42.5 Å². The molecule has 0 aromatic heterocycles. The number of amides is 2. The molecule has 49 heavy (non-hydrogen) atoms. The molecule has 4 aromatic carbocycles. The lowest BCUT2D eigenvalue weighted by molar-refractivity contribution is -0.140. The first-order valence-corrected chi connectivity index (χ1v) is 18.0. The highest BCUT2D eigenvalue weighted by Crippen LogP contribution is 2.36. The van der Waals surface area contributed by atoms with E-state index < -0.39 is 28.5 Å². The van der Waals surface area contributed by atoms with Crippen molar-refractivity contribution in [2.45, 2.75) is 50.6 Å². The Labute approximate surface area is 298 Å². The molecular weight excluding hydrogens is 685 g/mol. The fraction of sp³-hybridized carbons (Fsp3) is 0.297. The summed E-state index contributed by atoms with van der Waals surface area (Å²) < 4.78 is 40.9. The van der Waals surface area contributed by atoms with Crippen LogP contribution in [0.1, 0.15) is 36.5 Å². The molecule has 0 saturated carbocycles. The number of methoxy groups -OCH3 is 2. The van der Waals surface area contributed by atoms with Crippen LogP contribution in [0, 0.1) is 6.92 Å². The molecule has 0 unspecified atom stereocenters. The molecule has 0 heterocycles. The molecule has 0 spiro atoms. The number of nitrogens with one attached hydrogen (secondary N) is 1. The highest BCUT2D eigenvalue weighted by molar-refractivity contribution is 7.92. The lowest BCUT2D eigenvalue weighted by Crippen LogP contribution is -2.53. The van der Waals surface area contributed by atoms with Crippen molar-refractivity contribution in [1.29, 1.82) is 0 Å². The third-order valence-corrected chi connectivity index (χ3v) is 10.4. The van der Waals surface area contributed by atoms with Crippen molar-refractivity contribution in [1.82, 2.24) is 10.2 Å². The smallest absolute Gasteiger partial charge is 0.264 e. The average Bonchev–Trinajstić information content (AvgIpc) is 3.09. The molecule has 4 rings (SSSR count). The maximum atomic E-state index is 14.8. The monoisotopic (exact) mass is 725 g/mol. The van der Waals surface area contributed by atoms with Crippen LogP contribution < -0.4 is 19.1 Å². The van der Waals surface area contributed by atoms with E-state index in [1.807, 2.05) is 44.2 Å². The normalized spacial score (nSPS) is 11.8. The zero-order chi connectivity index (χ0) is 35.6. The zero-order valence-corrected chi connectivity index (χ0v) is 30.3. The van der Waals surface area contributed by atoms with Crippen LogP contribution in [-0.4, -0.2) is 58.5 Å². The number of rotatable bonds is 16. The fourth-order valence-corrected chi connectivity index (χ4v) is 7.12. The van der Waals surface area contributed by atoms with Crippen LogP contribution in [0.4, 0.5) is 5.69 Å². The van der Waals surface area contributed by atoms with Crippen molar-refractivity contribution in [3.63, 3.8) is 0 Å². The molecule has 0 saturated heterocycles. The van der Waals surface area contributed by atoms with Gasteiger partial charge in [0.05, 0.1) is 24.8 Å². The minimum Gasteiger partial charge on any atom is -0.497 e. The van der Waals surface area contributed by atoms with Gasteiger partial charge in [-0.2, -0.15) is 0 Å². The van der Waals surface area contributed by atoms with Gasteiger partial charge in [0, 0.05) is 35.6 Å². The van der Waals surface area contributed by atoms with E-state index in [9.17, 15) is 18.0 Å². The molecule has 0 aliphatic carbocycles. The number of anilines is 1. The van der Waals surface area contributed by atoms with Gasteiger partial charge in [-0.05, 0) is 60.9 Å². The van der Waals surface area contributed by atoms with E-state index in [-0.39, 0.29) is 35.2 Å². The van der Waals surface area contributed by atoms with Crippen LogP contribution in [-0.2, 0) is 32.6 Å². The third-order valence-electron chi connectivity index (χ3n) is 8.00. The maximum absolute atomic E-state index is 14.8. The lowest BCUT2D eigenvalue weighted by atomic mass is 10.0. The standard InChI is InChI=1S/C37H41Cl2N3O6S/c1-5-6-20-40-37(44)34(21-27-10-8-7-9-11-27)41(24-28-14-15-29(38)22-32(28)39)36(43)25-42(33-23-30(47-3)16-19-35(33)48-4)49(45,46)31-17-12-26(2)13-18-31/h7-19,22-23,34H,5-6,20-21,24-25H2,1-4H3,(H,40,44)/t34-/m0/s1. The summed E-state index contributed by atoms with van der Waals surface area (Å²) in [6, 6.07) is 24.2. The summed E-state index contributed by atoms with van der Waals surface area (Å²) >= 11 is 12.8. The number of unbranched alkanes of at least 4 members (excludes halogenated alkanes) is 1. The van der Waals surface area contributed by atoms with Gasteiger partial charge in [0.15, 0.2) is 0 Å². The molecule has 0 radical (unpaired) electrons. The summed E-state index contributed by atoms with van der Waals surface area (Å²) in [5.74, 6) is -0.454. The number of nitrogens with zero attached hydrogens (tertiary/aromatic N) is 2. The first kappa shape index (κ1) is 37.6. The second-order valence-corrected chi connectivity index (χ2v) is 14.2. The fourth-order valence-electron chi connectivity index (χ4n) is 5.24. The predicted molar refractivity (Wildman–Crippen MR) is 194 cm³/mol. The number of ether oxygens (including phenoxy) is 2. The third kappa shape index (κ3) is 9.68. The molecule has 2 amide bonds. The molecule has 9 nitrogen and oxygen atoms in total. The van der Waals surface area contributed by atoms with E-state index in [2.05, 4.69) is 5.32 Å². The Morgan fingerprint density at radius 3 is 2.24 bits per heavy atom. The number of sulfonamides is 1. The summed E-state index contributed by atoms with van der Waals surface area (Å²) in [6.45, 7) is 3.52. The van der Waals surface area contributed by atoms with Gasteiger partial charge >= 0.3 is 0 Å². The number of carbonyl (C=O) groups is 2. The summed E-state index contributed by atoms with van der Waals surface area (Å²) in [7, 11) is -1.49. The van der Waals surface area contributed by atoms with Crippen LogP contribution in [0.3, 0.4) is 0 Å². The molecule has 260 valence electrons. The molecule has 0 aliphatic rings. The molecule has 0 fully saturated rings. The van der Waals surface area contributed by atoms with Crippen molar-refractivity contribution in [3.05, 3.63) is 118 Å². The first-order chi connectivity index (χ1) is 23.5. The van der Waals surface area contributed by atoms with Gasteiger partial charge in [0.25, 0.3) is 10.0 Å². The molecule has 4 aromatic rings. The zero-order valence-electron chi connectivity index (χ0n) is 28.0. The second-order valence-electron chi connectivity index (χ2n) is 11.5. The summed E-state index contributed by atoms with van der Waals surface area (Å²) in [4.78, 5) is 30.1. The Morgan fingerprint density at radius 1 is 0.898 bits per heavy atom. The summed E-state index contributed by atoms with van der Waals surface area (Å²) in [6.07, 6.45) is 1.78. The quantitative estimate of drug-likeness (QED) is 0.124. The van der Waals surface area contributed by atoms with Crippen molar-refractivity contribution in [3.8, 4) is 11.5 Å². The molecule has 1 N–H and O–H groups in total. The highest BCUT2D eigenvalue weighted by Gasteiger charge is 2.36. The number of aryl methyl sites for hydroxylation is 1. The number of benzene rings is 4. The Bertz CT molecular complexity index is 1840.